The fourth-order valence-electron chi connectivity index (χ4n) is 2.65. The fourth-order valence-corrected chi connectivity index (χ4v) is 4.79. The third-order valence-corrected chi connectivity index (χ3v) is 6.43. The molecule has 114 valence electrons. The number of nitrogens with zero attached hydrogens (tertiary/aromatic N) is 2. The van der Waals surface area contributed by atoms with Crippen LogP contribution in [-0.2, 0) is 29.4 Å². The van der Waals surface area contributed by atoms with E-state index < -0.39 is 10.0 Å². The first kappa shape index (κ1) is 14.7. The van der Waals surface area contributed by atoms with Gasteiger partial charge in [-0.3, -0.25) is 4.68 Å². The van der Waals surface area contributed by atoms with Crippen LogP contribution in [0.4, 0.5) is 0 Å². The van der Waals surface area contributed by atoms with E-state index in [-0.39, 0.29) is 0 Å². The van der Waals surface area contributed by atoms with Gasteiger partial charge in [-0.25, -0.2) is 13.1 Å². The molecule has 7 heteroatoms. The van der Waals surface area contributed by atoms with Gasteiger partial charge in [0.2, 0.25) is 10.0 Å². The smallest absolute Gasteiger partial charge is 0.243 e. The molecule has 0 saturated carbocycles. The predicted octanol–water partition coefficient (Wildman–Crippen LogP) is 2.11. The van der Waals surface area contributed by atoms with Crippen molar-refractivity contribution in [1.82, 2.24) is 14.5 Å². The molecule has 0 amide bonds. The van der Waals surface area contributed by atoms with Gasteiger partial charge in [-0.15, -0.1) is 11.3 Å². The molecule has 21 heavy (non-hydrogen) atoms. The van der Waals surface area contributed by atoms with E-state index in [4.69, 9.17) is 0 Å². The van der Waals surface area contributed by atoms with Gasteiger partial charge in [0.15, 0.2) is 0 Å². The molecule has 3 heterocycles. The van der Waals surface area contributed by atoms with Gasteiger partial charge in [0, 0.05) is 18.0 Å². The van der Waals surface area contributed by atoms with Crippen LogP contribution >= 0.6 is 11.3 Å². The number of hydrogen-bond acceptors (Lipinski definition) is 4. The molecule has 2 aromatic rings. The fraction of sp³-hybridized carbons (Fsp3) is 0.500. The van der Waals surface area contributed by atoms with Crippen molar-refractivity contribution in [3.63, 3.8) is 0 Å². The Morgan fingerprint density at radius 2 is 2.29 bits per heavy atom. The van der Waals surface area contributed by atoms with E-state index in [0.29, 0.717) is 11.4 Å². The Labute approximate surface area is 129 Å². The Balaban J connectivity index is 1.69. The molecule has 0 unspecified atom stereocenters. The van der Waals surface area contributed by atoms with Crippen molar-refractivity contribution in [1.29, 1.82) is 0 Å². The summed E-state index contributed by atoms with van der Waals surface area (Å²) < 4.78 is 29.4. The van der Waals surface area contributed by atoms with E-state index in [1.54, 1.807) is 11.3 Å². The molecule has 0 radical (unpaired) electrons. The van der Waals surface area contributed by atoms with E-state index in [1.165, 1.54) is 16.6 Å². The van der Waals surface area contributed by atoms with Crippen LogP contribution in [0.25, 0.3) is 0 Å². The molecule has 0 bridgehead atoms. The van der Waals surface area contributed by atoms with Crippen LogP contribution < -0.4 is 4.72 Å². The monoisotopic (exact) mass is 325 g/mol. The Morgan fingerprint density at radius 3 is 3.05 bits per heavy atom. The number of sulfonamides is 1. The summed E-state index contributed by atoms with van der Waals surface area (Å²) in [4.78, 5) is 1.58. The molecule has 1 aliphatic rings. The number of nitrogens with one attached hydrogen (secondary N) is 1. The molecule has 0 saturated heterocycles. The van der Waals surface area contributed by atoms with E-state index >= 15 is 0 Å². The lowest BCUT2D eigenvalue weighted by molar-refractivity contribution is 0.480. The summed E-state index contributed by atoms with van der Waals surface area (Å²) in [6.45, 7) is 3.29. The molecule has 3 rings (SSSR count). The molecule has 2 aromatic heterocycles. The van der Waals surface area contributed by atoms with Crippen LogP contribution in [0.1, 0.15) is 29.0 Å². The maximum atomic E-state index is 12.4. The largest absolute Gasteiger partial charge is 0.268 e. The first-order chi connectivity index (χ1) is 10.1. The van der Waals surface area contributed by atoms with E-state index in [2.05, 4.69) is 22.8 Å². The van der Waals surface area contributed by atoms with Crippen LogP contribution in [0.15, 0.2) is 22.5 Å². The van der Waals surface area contributed by atoms with Gasteiger partial charge in [0.05, 0.1) is 11.9 Å². The molecular weight excluding hydrogens is 306 g/mol. The SMILES string of the molecule is Cc1ccsc1CCNS(=O)(=O)c1cnn2c1CCCC2. The van der Waals surface area contributed by atoms with Gasteiger partial charge < -0.3 is 0 Å². The van der Waals surface area contributed by atoms with E-state index in [1.807, 2.05) is 10.1 Å². The average molecular weight is 325 g/mol. The minimum atomic E-state index is -3.45. The second-order valence-corrected chi connectivity index (χ2v) is 8.05. The summed E-state index contributed by atoms with van der Waals surface area (Å²) in [7, 11) is -3.45. The van der Waals surface area contributed by atoms with Gasteiger partial charge in [-0.2, -0.15) is 5.10 Å². The minimum Gasteiger partial charge on any atom is -0.268 e. The molecular formula is C14H19N3O2S2. The van der Waals surface area contributed by atoms with Gasteiger partial charge in [0.1, 0.15) is 4.90 Å². The van der Waals surface area contributed by atoms with Crippen LogP contribution in [0.5, 0.6) is 0 Å². The third kappa shape index (κ3) is 3.04. The summed E-state index contributed by atoms with van der Waals surface area (Å²) in [6, 6.07) is 2.06. The summed E-state index contributed by atoms with van der Waals surface area (Å²) in [5.74, 6) is 0. The van der Waals surface area contributed by atoms with Gasteiger partial charge >= 0.3 is 0 Å². The number of aromatic nitrogens is 2. The van der Waals surface area contributed by atoms with Crippen molar-refractivity contribution in [3.8, 4) is 0 Å². The maximum absolute atomic E-state index is 12.4. The zero-order valence-corrected chi connectivity index (χ0v) is 13.6. The van der Waals surface area contributed by atoms with E-state index in [9.17, 15) is 8.42 Å². The molecule has 0 fully saturated rings. The zero-order chi connectivity index (χ0) is 14.9. The van der Waals surface area contributed by atoms with Crippen molar-refractivity contribution in [3.05, 3.63) is 33.8 Å². The lowest BCUT2D eigenvalue weighted by Crippen LogP contribution is -2.27. The number of thiophene rings is 1. The second kappa shape index (κ2) is 5.90. The van der Waals surface area contributed by atoms with Gasteiger partial charge in [0.25, 0.3) is 0 Å². The van der Waals surface area contributed by atoms with Crippen molar-refractivity contribution >= 4 is 21.4 Å². The number of rotatable bonds is 5. The highest BCUT2D eigenvalue weighted by molar-refractivity contribution is 7.89. The standard InChI is InChI=1S/C14H19N3O2S2/c1-11-6-9-20-13(11)5-7-16-21(18,19)14-10-15-17-8-3-2-4-12(14)17/h6,9-10,16H,2-5,7-8H2,1H3. The Morgan fingerprint density at radius 1 is 1.43 bits per heavy atom. The van der Waals surface area contributed by atoms with Crippen LogP contribution in [0.2, 0.25) is 0 Å². The molecule has 1 N–H and O–H groups in total. The second-order valence-electron chi connectivity index (χ2n) is 5.31. The summed E-state index contributed by atoms with van der Waals surface area (Å²) in [5.41, 5.74) is 2.07. The quantitative estimate of drug-likeness (QED) is 0.916. The number of hydrogen-bond donors (Lipinski definition) is 1. The van der Waals surface area contributed by atoms with Crippen LogP contribution in [-0.4, -0.2) is 24.7 Å². The Bertz CT molecular complexity index is 731. The number of fused-ring (bicyclic) bond motifs is 1. The molecule has 0 aromatic carbocycles. The summed E-state index contributed by atoms with van der Waals surface area (Å²) in [6.07, 6.45) is 5.10. The van der Waals surface area contributed by atoms with Crippen molar-refractivity contribution in [2.75, 3.05) is 6.54 Å². The minimum absolute atomic E-state index is 0.352. The molecule has 0 atom stereocenters. The van der Waals surface area contributed by atoms with E-state index in [0.717, 1.165) is 37.9 Å². The maximum Gasteiger partial charge on any atom is 0.243 e. The highest BCUT2D eigenvalue weighted by Gasteiger charge is 2.24. The lowest BCUT2D eigenvalue weighted by Gasteiger charge is -2.14. The van der Waals surface area contributed by atoms with Crippen molar-refractivity contribution in [2.45, 2.75) is 44.0 Å². The molecule has 0 spiro atoms. The first-order valence-electron chi connectivity index (χ1n) is 7.15. The molecule has 5 nitrogen and oxygen atoms in total. The van der Waals surface area contributed by atoms with Gasteiger partial charge in [-0.1, -0.05) is 0 Å². The highest BCUT2D eigenvalue weighted by atomic mass is 32.2. The van der Waals surface area contributed by atoms with Crippen molar-refractivity contribution in [2.24, 2.45) is 0 Å². The number of aryl methyl sites for hydroxylation is 2. The third-order valence-electron chi connectivity index (χ3n) is 3.85. The highest BCUT2D eigenvalue weighted by Crippen LogP contribution is 2.22. The Hall–Kier alpha value is -1.18. The summed E-state index contributed by atoms with van der Waals surface area (Å²) >= 11 is 1.67. The van der Waals surface area contributed by atoms with Gasteiger partial charge in [-0.05, 0) is 49.6 Å². The van der Waals surface area contributed by atoms with Crippen LogP contribution in [0.3, 0.4) is 0 Å². The normalized spacial score (nSPS) is 15.1. The molecule has 0 aliphatic carbocycles. The summed E-state index contributed by atoms with van der Waals surface area (Å²) in [5, 5.41) is 6.23. The average Bonchev–Trinajstić information content (AvgIpc) is 3.05. The zero-order valence-electron chi connectivity index (χ0n) is 12.0. The lowest BCUT2D eigenvalue weighted by atomic mass is 10.1. The molecule has 1 aliphatic heterocycles. The van der Waals surface area contributed by atoms with Crippen LogP contribution in [0, 0.1) is 6.92 Å². The van der Waals surface area contributed by atoms with Crippen molar-refractivity contribution < 1.29 is 8.42 Å². The predicted molar refractivity (Wildman–Crippen MR) is 83.1 cm³/mol. The first-order valence-corrected chi connectivity index (χ1v) is 9.51. The Kier molecular flexibility index (Phi) is 4.14. The topological polar surface area (TPSA) is 64.0 Å².